The summed E-state index contributed by atoms with van der Waals surface area (Å²) in [5, 5.41) is 0. The van der Waals surface area contributed by atoms with Crippen molar-refractivity contribution in [1.29, 1.82) is 0 Å². The van der Waals surface area contributed by atoms with Crippen LogP contribution in [-0.2, 0) is 19.1 Å². The van der Waals surface area contributed by atoms with Gasteiger partial charge in [0.2, 0.25) is 0 Å². The van der Waals surface area contributed by atoms with Crippen LogP contribution in [0.2, 0.25) is 0 Å². The third-order valence-corrected chi connectivity index (χ3v) is 8.75. The van der Waals surface area contributed by atoms with E-state index in [2.05, 4.69) is 0 Å². The zero-order chi connectivity index (χ0) is 15.2. The third-order valence-electron chi connectivity index (χ3n) is 4.23. The molecule has 0 N–H and O–H groups in total. The summed E-state index contributed by atoms with van der Waals surface area (Å²) in [5.74, 6) is -0.283. The molecule has 2 aliphatic rings. The summed E-state index contributed by atoms with van der Waals surface area (Å²) in [6.45, 7) is 3.00. The van der Waals surface area contributed by atoms with Gasteiger partial charge in [-0.15, -0.1) is 0 Å². The van der Waals surface area contributed by atoms with Gasteiger partial charge in [0.05, 0.1) is 0 Å². The van der Waals surface area contributed by atoms with Gasteiger partial charge in [0.1, 0.15) is 12.2 Å². The molecule has 0 heterocycles. The summed E-state index contributed by atoms with van der Waals surface area (Å²) in [5.41, 5.74) is 0. The summed E-state index contributed by atoms with van der Waals surface area (Å²) in [7, 11) is 0. The number of halogens is 1. The summed E-state index contributed by atoms with van der Waals surface area (Å²) < 4.78 is 12.4. The average molecular weight is 409 g/mol. The Kier molecular flexibility index (Phi) is 6.76. The molecule has 2 saturated carbocycles. The molecule has 0 aromatic rings. The van der Waals surface area contributed by atoms with Crippen LogP contribution < -0.4 is 21.2 Å². The molecule has 0 bridgehead atoms. The maximum atomic E-state index is 11.0. The van der Waals surface area contributed by atoms with Gasteiger partial charge in [0.15, 0.2) is 7.85 Å². The summed E-state index contributed by atoms with van der Waals surface area (Å²) in [6.07, 6.45) is 9.46. The quantitative estimate of drug-likeness (QED) is 0.368. The fraction of sp³-hybridized carbons (Fsp3) is 0.875. The van der Waals surface area contributed by atoms with E-state index >= 15 is 0 Å². The Labute approximate surface area is 137 Å². The van der Waals surface area contributed by atoms with Gasteiger partial charge in [-0.05, 0) is 51.4 Å². The lowest BCUT2D eigenvalue weighted by atomic mass is 9.98. The highest BCUT2D eigenvalue weighted by Gasteiger charge is 2.38. The van der Waals surface area contributed by atoms with E-state index in [9.17, 15) is 9.59 Å². The van der Waals surface area contributed by atoms with Crippen molar-refractivity contribution >= 4 is 11.9 Å². The molecule has 0 aliphatic heterocycles. The number of alkyl halides is 2. The van der Waals surface area contributed by atoms with Crippen LogP contribution in [0.15, 0.2) is 0 Å². The molecule has 2 rings (SSSR count). The lowest BCUT2D eigenvalue weighted by molar-refractivity contribution is -0.726. The van der Waals surface area contributed by atoms with Gasteiger partial charge in [-0.25, -0.2) is 0 Å². The van der Waals surface area contributed by atoms with Crippen molar-refractivity contribution in [2.75, 3.05) is 0 Å². The van der Waals surface area contributed by atoms with Crippen LogP contribution in [0.3, 0.4) is 0 Å². The number of esters is 2. The van der Waals surface area contributed by atoms with E-state index in [4.69, 9.17) is 9.47 Å². The number of rotatable bonds is 4. The molecule has 0 unspecified atom stereocenters. The molecule has 0 aromatic carbocycles. The van der Waals surface area contributed by atoms with Gasteiger partial charge in [-0.3, -0.25) is 9.59 Å². The van der Waals surface area contributed by atoms with Crippen LogP contribution in [-0.4, -0.2) is 32.0 Å². The minimum Gasteiger partial charge on any atom is -0.463 e. The zero-order valence-electron chi connectivity index (χ0n) is 13.0. The van der Waals surface area contributed by atoms with Gasteiger partial charge >= 0.3 is 11.9 Å². The average Bonchev–Trinajstić information content (AvgIpc) is 2.42. The second-order valence-corrected chi connectivity index (χ2v) is 10.3. The van der Waals surface area contributed by atoms with Crippen LogP contribution in [0.4, 0.5) is 0 Å². The molecule has 2 fully saturated rings. The lowest BCUT2D eigenvalue weighted by Gasteiger charge is -2.26. The van der Waals surface area contributed by atoms with Crippen molar-refractivity contribution in [2.45, 2.75) is 85.3 Å². The zero-order valence-corrected chi connectivity index (χ0v) is 15.1. The normalized spacial score (nSPS) is 33.2. The Hall–Kier alpha value is -0.330. The predicted octanol–water partition coefficient (Wildman–Crippen LogP) is -0.176. The largest absolute Gasteiger partial charge is 0.463 e. The fourth-order valence-electron chi connectivity index (χ4n) is 3.25. The van der Waals surface area contributed by atoms with E-state index in [0.717, 1.165) is 33.5 Å². The first-order valence-electron chi connectivity index (χ1n) is 7.99. The monoisotopic (exact) mass is 409 g/mol. The molecular formula is C16H26IO4+. The molecular weight excluding hydrogens is 383 g/mol. The number of carbonyl (C=O) groups excluding carboxylic acids is 2. The highest BCUT2D eigenvalue weighted by Crippen LogP contribution is 2.21. The highest BCUT2D eigenvalue weighted by molar-refractivity contribution is 5.66. The van der Waals surface area contributed by atoms with Gasteiger partial charge in [-0.1, -0.05) is 0 Å². The summed E-state index contributed by atoms with van der Waals surface area (Å²) >= 11 is 0.221. The lowest BCUT2D eigenvalue weighted by Crippen LogP contribution is -3.68. The summed E-state index contributed by atoms with van der Waals surface area (Å²) in [6, 6.07) is 0. The Morgan fingerprint density at radius 2 is 1.05 bits per heavy atom. The molecule has 0 amide bonds. The number of ether oxygens (including phenoxy) is 2. The van der Waals surface area contributed by atoms with Gasteiger partial charge < -0.3 is 9.47 Å². The van der Waals surface area contributed by atoms with Crippen molar-refractivity contribution in [3.8, 4) is 0 Å². The predicted molar refractivity (Wildman–Crippen MR) is 75.6 cm³/mol. The van der Waals surface area contributed by atoms with Crippen LogP contribution in [0.5, 0.6) is 0 Å². The second-order valence-electron chi connectivity index (χ2n) is 6.09. The van der Waals surface area contributed by atoms with Crippen LogP contribution in [0.25, 0.3) is 0 Å². The van der Waals surface area contributed by atoms with Crippen LogP contribution >= 0.6 is 0 Å². The number of carbonyl (C=O) groups is 2. The molecule has 2 aliphatic carbocycles. The maximum Gasteiger partial charge on any atom is 0.302 e. The molecule has 0 aromatic heterocycles. The minimum atomic E-state index is -0.142. The molecule has 0 spiro atoms. The van der Waals surface area contributed by atoms with E-state index in [1.54, 1.807) is 0 Å². The smallest absolute Gasteiger partial charge is 0.302 e. The first kappa shape index (κ1) is 17.0. The fourth-order valence-corrected chi connectivity index (χ4v) is 7.57. The van der Waals surface area contributed by atoms with Crippen molar-refractivity contribution in [3.05, 3.63) is 0 Å². The molecule has 4 nitrogen and oxygen atoms in total. The van der Waals surface area contributed by atoms with Crippen LogP contribution in [0, 0.1) is 0 Å². The summed E-state index contributed by atoms with van der Waals surface area (Å²) in [4.78, 5) is 21.9. The van der Waals surface area contributed by atoms with Crippen molar-refractivity contribution in [3.63, 3.8) is 0 Å². The Balaban J connectivity index is 1.64. The number of hydrogen-bond donors (Lipinski definition) is 0. The Morgan fingerprint density at radius 3 is 1.33 bits per heavy atom. The maximum absolute atomic E-state index is 11.0. The third kappa shape index (κ3) is 6.12. The molecule has 0 atom stereocenters. The minimum absolute atomic E-state index is 0.142. The Bertz CT molecular complexity index is 321. The first-order chi connectivity index (χ1) is 10.0. The topological polar surface area (TPSA) is 52.6 Å². The van der Waals surface area contributed by atoms with Gasteiger partial charge in [-0.2, -0.15) is 0 Å². The molecule has 5 heteroatoms. The SMILES string of the molecule is CC(=O)OC1CCC([I+]C2CCC(OC(C)=O)CC2)CC1. The second kappa shape index (κ2) is 8.34. The molecule has 21 heavy (non-hydrogen) atoms. The molecule has 120 valence electrons. The van der Waals surface area contributed by atoms with Crippen molar-refractivity contribution in [1.82, 2.24) is 0 Å². The molecule has 0 saturated heterocycles. The van der Waals surface area contributed by atoms with E-state index in [-0.39, 0.29) is 45.4 Å². The van der Waals surface area contributed by atoms with Crippen molar-refractivity contribution in [2.24, 2.45) is 0 Å². The standard InChI is InChI=1S/C16H26IO4/c1-11(18)20-15-7-3-13(4-8-15)17-14-5-9-16(10-6-14)21-12(2)19/h13-16H,3-10H2,1-2H3/q+1. The molecule has 0 radical (unpaired) electrons. The van der Waals surface area contributed by atoms with E-state index in [0.29, 0.717) is 0 Å². The van der Waals surface area contributed by atoms with Crippen molar-refractivity contribution < 1.29 is 40.3 Å². The van der Waals surface area contributed by atoms with Gasteiger partial charge in [0.25, 0.3) is 21.2 Å². The van der Waals surface area contributed by atoms with E-state index in [1.807, 2.05) is 0 Å². The van der Waals surface area contributed by atoms with E-state index < -0.39 is 0 Å². The van der Waals surface area contributed by atoms with Crippen LogP contribution in [0.1, 0.15) is 65.2 Å². The Morgan fingerprint density at radius 1 is 0.714 bits per heavy atom. The van der Waals surface area contributed by atoms with E-state index in [1.165, 1.54) is 39.5 Å². The van der Waals surface area contributed by atoms with Gasteiger partial charge in [0, 0.05) is 13.8 Å². The highest BCUT2D eigenvalue weighted by atomic mass is 127. The first-order valence-corrected chi connectivity index (χ1v) is 10.5. The number of hydrogen-bond acceptors (Lipinski definition) is 4.